The maximum absolute atomic E-state index is 9.77. The van der Waals surface area contributed by atoms with Crippen molar-refractivity contribution in [3.63, 3.8) is 0 Å². The molecule has 0 aromatic heterocycles. The average Bonchev–Trinajstić information content (AvgIpc) is 2.25. The third kappa shape index (κ3) is 4.32. The molecule has 15 heavy (non-hydrogen) atoms. The Balaban J connectivity index is 2.33. The van der Waals surface area contributed by atoms with Crippen LogP contribution in [0.25, 0.3) is 0 Å². The molecule has 0 radical (unpaired) electrons. The van der Waals surface area contributed by atoms with Crippen molar-refractivity contribution < 1.29 is 10.2 Å². The summed E-state index contributed by atoms with van der Waals surface area (Å²) in [5.41, 5.74) is 0.830. The molecule has 0 aliphatic heterocycles. The number of aliphatic hydroxyl groups is 1. The van der Waals surface area contributed by atoms with Crippen molar-refractivity contribution >= 4 is 0 Å². The Bertz CT molecular complexity index is 271. The van der Waals surface area contributed by atoms with Crippen molar-refractivity contribution in [2.75, 3.05) is 13.1 Å². The highest BCUT2D eigenvalue weighted by atomic mass is 16.3. The highest BCUT2D eigenvalue weighted by Gasteiger charge is 2.05. The van der Waals surface area contributed by atoms with Crippen molar-refractivity contribution in [2.45, 2.75) is 25.9 Å². The van der Waals surface area contributed by atoms with E-state index < -0.39 is 6.10 Å². The van der Waals surface area contributed by atoms with E-state index in [0.717, 1.165) is 24.9 Å². The van der Waals surface area contributed by atoms with E-state index in [1.807, 2.05) is 0 Å². The van der Waals surface area contributed by atoms with Crippen LogP contribution in [0.15, 0.2) is 24.3 Å². The molecule has 1 aromatic rings. The molecule has 0 saturated carbocycles. The predicted molar refractivity (Wildman–Crippen MR) is 60.8 cm³/mol. The van der Waals surface area contributed by atoms with Crippen LogP contribution in [0.3, 0.4) is 0 Å². The number of hydrogen-bond acceptors (Lipinski definition) is 3. The van der Waals surface area contributed by atoms with Crippen molar-refractivity contribution in [2.24, 2.45) is 0 Å². The molecule has 0 spiro atoms. The fourth-order valence-corrected chi connectivity index (χ4v) is 1.35. The molecule has 3 nitrogen and oxygen atoms in total. The second-order valence-corrected chi connectivity index (χ2v) is 3.67. The van der Waals surface area contributed by atoms with Crippen molar-refractivity contribution in [3.05, 3.63) is 29.8 Å². The molecule has 0 saturated heterocycles. The smallest absolute Gasteiger partial charge is 0.115 e. The van der Waals surface area contributed by atoms with Gasteiger partial charge in [0, 0.05) is 6.54 Å². The molecular formula is C12H19NO2. The highest BCUT2D eigenvalue weighted by Crippen LogP contribution is 2.15. The van der Waals surface area contributed by atoms with Crippen molar-refractivity contribution in [1.82, 2.24) is 5.32 Å². The molecule has 0 amide bonds. The Hall–Kier alpha value is -1.06. The summed E-state index contributed by atoms with van der Waals surface area (Å²) >= 11 is 0. The number of unbranched alkanes of at least 4 members (excludes halogenated alkanes) is 1. The van der Waals surface area contributed by atoms with E-state index in [2.05, 4.69) is 12.2 Å². The van der Waals surface area contributed by atoms with Crippen LogP contribution in [0.2, 0.25) is 0 Å². The van der Waals surface area contributed by atoms with Crippen LogP contribution < -0.4 is 5.32 Å². The first-order valence-corrected chi connectivity index (χ1v) is 5.41. The van der Waals surface area contributed by atoms with Gasteiger partial charge in [0.1, 0.15) is 5.75 Å². The van der Waals surface area contributed by atoms with E-state index in [0.29, 0.717) is 6.54 Å². The van der Waals surface area contributed by atoms with Crippen LogP contribution in [-0.2, 0) is 0 Å². The van der Waals surface area contributed by atoms with E-state index in [1.54, 1.807) is 24.3 Å². The molecule has 0 aliphatic carbocycles. The van der Waals surface area contributed by atoms with Gasteiger partial charge in [-0.15, -0.1) is 0 Å². The van der Waals surface area contributed by atoms with Gasteiger partial charge in [-0.3, -0.25) is 0 Å². The van der Waals surface area contributed by atoms with Gasteiger partial charge in [-0.05, 0) is 30.7 Å². The van der Waals surface area contributed by atoms with Gasteiger partial charge in [-0.25, -0.2) is 0 Å². The summed E-state index contributed by atoms with van der Waals surface area (Å²) in [7, 11) is 0. The summed E-state index contributed by atoms with van der Waals surface area (Å²) in [6, 6.07) is 6.65. The summed E-state index contributed by atoms with van der Waals surface area (Å²) in [5, 5.41) is 22.0. The third-order valence-corrected chi connectivity index (χ3v) is 2.32. The number of aromatic hydroxyl groups is 1. The molecule has 0 bridgehead atoms. The fourth-order valence-electron chi connectivity index (χ4n) is 1.35. The molecular weight excluding hydrogens is 190 g/mol. The normalized spacial score (nSPS) is 12.7. The van der Waals surface area contributed by atoms with Crippen LogP contribution in [0.1, 0.15) is 31.4 Å². The van der Waals surface area contributed by atoms with Gasteiger partial charge < -0.3 is 15.5 Å². The number of phenolic OH excluding ortho intramolecular Hbond substituents is 1. The quantitative estimate of drug-likeness (QED) is 0.626. The second kappa shape index (κ2) is 6.43. The molecule has 1 aromatic carbocycles. The van der Waals surface area contributed by atoms with Crippen molar-refractivity contribution in [1.29, 1.82) is 0 Å². The summed E-state index contributed by atoms with van der Waals surface area (Å²) < 4.78 is 0. The van der Waals surface area contributed by atoms with Gasteiger partial charge in [0.05, 0.1) is 6.10 Å². The van der Waals surface area contributed by atoms with E-state index in [9.17, 15) is 5.11 Å². The number of benzene rings is 1. The predicted octanol–water partition coefficient (Wildman–Crippen LogP) is 1.82. The standard InChI is InChI=1S/C12H19NO2/c1-2-3-8-13-9-12(15)10-4-6-11(14)7-5-10/h4-7,12-15H,2-3,8-9H2,1H3. The number of aliphatic hydroxyl groups excluding tert-OH is 1. The molecule has 84 valence electrons. The Morgan fingerprint density at radius 2 is 1.93 bits per heavy atom. The first-order chi connectivity index (χ1) is 7.24. The lowest BCUT2D eigenvalue weighted by Crippen LogP contribution is -2.22. The van der Waals surface area contributed by atoms with Crippen LogP contribution >= 0.6 is 0 Å². The Morgan fingerprint density at radius 3 is 2.53 bits per heavy atom. The van der Waals surface area contributed by atoms with Crippen LogP contribution in [-0.4, -0.2) is 23.3 Å². The summed E-state index contributed by atoms with van der Waals surface area (Å²) in [6.07, 6.45) is 1.78. The Labute approximate surface area is 90.8 Å². The zero-order chi connectivity index (χ0) is 11.1. The Kier molecular flexibility index (Phi) is 5.15. The topological polar surface area (TPSA) is 52.5 Å². The average molecular weight is 209 g/mol. The van der Waals surface area contributed by atoms with Gasteiger partial charge in [0.2, 0.25) is 0 Å². The number of rotatable bonds is 6. The van der Waals surface area contributed by atoms with Gasteiger partial charge >= 0.3 is 0 Å². The maximum atomic E-state index is 9.77. The largest absolute Gasteiger partial charge is 0.508 e. The minimum absolute atomic E-state index is 0.227. The lowest BCUT2D eigenvalue weighted by molar-refractivity contribution is 0.174. The molecule has 0 fully saturated rings. The summed E-state index contributed by atoms with van der Waals surface area (Å²) in [5.74, 6) is 0.227. The van der Waals surface area contributed by atoms with Gasteiger partial charge in [-0.2, -0.15) is 0 Å². The zero-order valence-corrected chi connectivity index (χ0v) is 9.11. The number of phenols is 1. The summed E-state index contributed by atoms with van der Waals surface area (Å²) in [4.78, 5) is 0. The Morgan fingerprint density at radius 1 is 1.27 bits per heavy atom. The minimum Gasteiger partial charge on any atom is -0.508 e. The van der Waals surface area contributed by atoms with Gasteiger partial charge in [0.25, 0.3) is 0 Å². The monoisotopic (exact) mass is 209 g/mol. The molecule has 0 aliphatic rings. The van der Waals surface area contributed by atoms with Crippen LogP contribution in [0.4, 0.5) is 0 Å². The molecule has 3 heteroatoms. The summed E-state index contributed by atoms with van der Waals surface area (Å²) in [6.45, 7) is 3.63. The van der Waals surface area contributed by atoms with E-state index >= 15 is 0 Å². The van der Waals surface area contributed by atoms with Gasteiger partial charge in [-0.1, -0.05) is 25.5 Å². The third-order valence-electron chi connectivity index (χ3n) is 2.32. The first-order valence-electron chi connectivity index (χ1n) is 5.41. The van der Waals surface area contributed by atoms with Crippen LogP contribution in [0.5, 0.6) is 5.75 Å². The second-order valence-electron chi connectivity index (χ2n) is 3.67. The highest BCUT2D eigenvalue weighted by molar-refractivity contribution is 5.27. The number of hydrogen-bond donors (Lipinski definition) is 3. The maximum Gasteiger partial charge on any atom is 0.115 e. The molecule has 0 heterocycles. The first kappa shape index (κ1) is 12.0. The molecule has 1 unspecified atom stereocenters. The lowest BCUT2D eigenvalue weighted by atomic mass is 10.1. The van der Waals surface area contributed by atoms with Crippen LogP contribution in [0, 0.1) is 0 Å². The minimum atomic E-state index is -0.498. The van der Waals surface area contributed by atoms with Crippen molar-refractivity contribution in [3.8, 4) is 5.75 Å². The fraction of sp³-hybridized carbons (Fsp3) is 0.500. The SMILES string of the molecule is CCCCNCC(O)c1ccc(O)cc1. The van der Waals surface area contributed by atoms with E-state index in [4.69, 9.17) is 5.11 Å². The van der Waals surface area contributed by atoms with Gasteiger partial charge in [0.15, 0.2) is 0 Å². The molecule has 1 rings (SSSR count). The lowest BCUT2D eigenvalue weighted by Gasteiger charge is -2.11. The van der Waals surface area contributed by atoms with E-state index in [-0.39, 0.29) is 5.75 Å². The molecule has 3 N–H and O–H groups in total. The molecule has 1 atom stereocenters. The zero-order valence-electron chi connectivity index (χ0n) is 9.11. The van der Waals surface area contributed by atoms with E-state index in [1.165, 1.54) is 0 Å². The number of nitrogens with one attached hydrogen (secondary N) is 1.